The molecule has 0 amide bonds. The molecule has 1 unspecified atom stereocenters. The van der Waals surface area contributed by atoms with Crippen molar-refractivity contribution < 1.29 is 23.6 Å². The van der Waals surface area contributed by atoms with Gasteiger partial charge < -0.3 is 14.2 Å². The molecule has 1 atom stereocenters. The highest BCUT2D eigenvalue weighted by molar-refractivity contribution is 7.65. The number of ether oxygens (including phenoxy) is 3. The second-order valence-corrected chi connectivity index (χ2v) is 7.18. The van der Waals surface area contributed by atoms with Crippen LogP contribution in [0.3, 0.4) is 0 Å². The molecule has 3 rings (SSSR count). The molecule has 6 heteroatoms. The summed E-state index contributed by atoms with van der Waals surface area (Å²) in [6.45, 7) is 3.42. The van der Waals surface area contributed by atoms with E-state index in [9.17, 15) is 9.36 Å². The highest BCUT2D eigenvalue weighted by Gasteiger charge is 2.64. The number of para-hydroxylation sites is 3. The Hall–Kier alpha value is -3.43. The average molecular weight is 393 g/mol. The number of carbonyl (C=O) groups excluding carboxylic acids is 1. The molecule has 28 heavy (non-hydrogen) atoms. The number of hydrogen-bond acceptors (Lipinski definition) is 5. The smallest absolute Gasteiger partial charge is 0.380 e. The lowest BCUT2D eigenvalue weighted by Crippen LogP contribution is -2.46. The Kier molecular flexibility index (Phi) is 6.20. The summed E-state index contributed by atoms with van der Waals surface area (Å²) in [6.07, 6.45) is 0.963. The number of benzene rings is 3. The molecule has 0 fully saturated rings. The maximum Gasteiger partial charge on any atom is 0.642 e. The molecule has 0 heterocycles. The van der Waals surface area contributed by atoms with E-state index in [-0.39, 0.29) is 0 Å². The second-order valence-electron chi connectivity index (χ2n) is 5.61. The van der Waals surface area contributed by atoms with E-state index in [1.54, 1.807) is 91.0 Å². The van der Waals surface area contributed by atoms with Crippen molar-refractivity contribution in [1.82, 2.24) is 0 Å². The van der Waals surface area contributed by atoms with Crippen LogP contribution in [-0.4, -0.2) is 11.2 Å². The van der Waals surface area contributed by atoms with Crippen LogP contribution in [0.1, 0.15) is 0 Å². The summed E-state index contributed by atoms with van der Waals surface area (Å²) in [6, 6.07) is 25.8. The molecule has 0 aliphatic rings. The number of hydrogen-bond donors (Lipinski definition) is 0. The molecule has 5 nitrogen and oxygen atoms in total. The average Bonchev–Trinajstić information content (AvgIpc) is 2.74. The lowest BCUT2D eigenvalue weighted by Gasteiger charge is -2.24. The second kappa shape index (κ2) is 8.98. The van der Waals surface area contributed by atoms with Crippen LogP contribution in [0, 0.1) is 0 Å². The van der Waals surface area contributed by atoms with E-state index < -0.39 is 19.0 Å². The zero-order chi connectivity index (χ0) is 19.8. The van der Waals surface area contributed by atoms with E-state index in [0.717, 1.165) is 6.08 Å². The third-order valence-electron chi connectivity index (χ3n) is 3.59. The zero-order valence-corrected chi connectivity index (χ0v) is 15.8. The SMILES string of the molecule is C=CC(=O)[P+](=O)C(Oc1ccccc1)(Oc1ccccc1)Oc1ccccc1. The standard InChI is InChI=1S/C22H18O5P/c1-2-21(23)28(24)22(25-18-12-6-3-7-13-18,26-19-14-8-4-9-15-19)27-20-16-10-5-11-17-20/h2-17H,1H2/q+1. The Morgan fingerprint density at radius 3 is 1.32 bits per heavy atom. The van der Waals surface area contributed by atoms with Crippen LogP contribution in [0.5, 0.6) is 17.2 Å². The Morgan fingerprint density at radius 1 is 0.714 bits per heavy atom. The van der Waals surface area contributed by atoms with Crippen molar-refractivity contribution in [2.24, 2.45) is 0 Å². The van der Waals surface area contributed by atoms with Crippen molar-refractivity contribution in [2.75, 3.05) is 0 Å². The van der Waals surface area contributed by atoms with Gasteiger partial charge in [-0.05, 0) is 41.0 Å². The maximum absolute atomic E-state index is 13.2. The summed E-state index contributed by atoms with van der Waals surface area (Å²) < 4.78 is 30.9. The Bertz CT molecular complexity index is 841. The minimum atomic E-state index is -2.83. The van der Waals surface area contributed by atoms with Gasteiger partial charge in [0.1, 0.15) is 17.2 Å². The third kappa shape index (κ3) is 4.64. The summed E-state index contributed by atoms with van der Waals surface area (Å²) in [4.78, 5) is 12.3. The van der Waals surface area contributed by atoms with Gasteiger partial charge in [-0.3, -0.25) is 0 Å². The molecule has 0 radical (unpaired) electrons. The lowest BCUT2D eigenvalue weighted by atomic mass is 10.3. The van der Waals surface area contributed by atoms with Gasteiger partial charge in [-0.1, -0.05) is 61.2 Å². The molecule has 0 saturated carbocycles. The van der Waals surface area contributed by atoms with Gasteiger partial charge in [0.15, 0.2) is 0 Å². The molecule has 0 spiro atoms. The van der Waals surface area contributed by atoms with Crippen LogP contribution in [-0.2, 0) is 9.36 Å². The lowest BCUT2D eigenvalue weighted by molar-refractivity contribution is -0.182. The van der Waals surface area contributed by atoms with Crippen LogP contribution in [0.2, 0.25) is 0 Å². The molecule has 0 aliphatic carbocycles. The molecule has 3 aromatic rings. The fraction of sp³-hybridized carbons (Fsp3) is 0.0455. The predicted molar refractivity (Wildman–Crippen MR) is 107 cm³/mol. The van der Waals surface area contributed by atoms with Gasteiger partial charge in [-0.15, -0.1) is 0 Å². The van der Waals surface area contributed by atoms with Crippen LogP contribution in [0.4, 0.5) is 0 Å². The first-order chi connectivity index (χ1) is 13.6. The number of allylic oxidation sites excluding steroid dienone is 1. The van der Waals surface area contributed by atoms with Crippen molar-refractivity contribution in [1.29, 1.82) is 0 Å². The predicted octanol–water partition coefficient (Wildman–Crippen LogP) is 5.37. The van der Waals surface area contributed by atoms with E-state index in [4.69, 9.17) is 14.2 Å². The van der Waals surface area contributed by atoms with E-state index in [1.807, 2.05) is 0 Å². The summed E-state index contributed by atoms with van der Waals surface area (Å²) in [5, 5.41) is 0. The molecule has 0 N–H and O–H groups in total. The highest BCUT2D eigenvalue weighted by atomic mass is 31.1. The molecular weight excluding hydrogens is 375 g/mol. The van der Waals surface area contributed by atoms with Gasteiger partial charge >= 0.3 is 19.0 Å². The minimum Gasteiger partial charge on any atom is -0.380 e. The van der Waals surface area contributed by atoms with Crippen molar-refractivity contribution in [3.8, 4) is 17.2 Å². The number of carbonyl (C=O) groups is 1. The topological polar surface area (TPSA) is 61.8 Å². The first-order valence-corrected chi connectivity index (χ1v) is 9.75. The first kappa shape index (κ1) is 19.3. The van der Waals surface area contributed by atoms with E-state index in [0.29, 0.717) is 17.2 Å². The summed E-state index contributed by atoms with van der Waals surface area (Å²) in [5.41, 5.74) is -2.97. The highest BCUT2D eigenvalue weighted by Crippen LogP contribution is 2.44. The van der Waals surface area contributed by atoms with Crippen LogP contribution in [0.25, 0.3) is 0 Å². The largest absolute Gasteiger partial charge is 0.642 e. The van der Waals surface area contributed by atoms with Crippen molar-refractivity contribution in [3.63, 3.8) is 0 Å². The summed E-state index contributed by atoms with van der Waals surface area (Å²) >= 11 is 0. The molecular formula is C22H18O5P+. The van der Waals surface area contributed by atoms with Gasteiger partial charge in [0.2, 0.25) is 0 Å². The monoisotopic (exact) mass is 393 g/mol. The Morgan fingerprint density at radius 2 is 1.04 bits per heavy atom. The molecule has 3 aromatic carbocycles. The number of rotatable bonds is 9. The van der Waals surface area contributed by atoms with Gasteiger partial charge in [0, 0.05) is 6.08 Å². The van der Waals surface area contributed by atoms with E-state index >= 15 is 0 Å². The van der Waals surface area contributed by atoms with Crippen molar-refractivity contribution in [2.45, 2.75) is 5.71 Å². The van der Waals surface area contributed by atoms with E-state index in [2.05, 4.69) is 6.58 Å². The maximum atomic E-state index is 13.2. The van der Waals surface area contributed by atoms with Gasteiger partial charge in [-0.2, -0.15) is 0 Å². The molecule has 0 aliphatic heterocycles. The quantitative estimate of drug-likeness (QED) is 0.278. The van der Waals surface area contributed by atoms with Crippen molar-refractivity contribution in [3.05, 3.63) is 104 Å². The van der Waals surface area contributed by atoms with Crippen molar-refractivity contribution >= 4 is 13.3 Å². The molecule has 140 valence electrons. The first-order valence-electron chi connectivity index (χ1n) is 8.49. The summed E-state index contributed by atoms with van der Waals surface area (Å²) in [7, 11) is -2.83. The third-order valence-corrected chi connectivity index (χ3v) is 4.95. The van der Waals surface area contributed by atoms with E-state index in [1.165, 1.54) is 0 Å². The van der Waals surface area contributed by atoms with Crippen LogP contribution in [0.15, 0.2) is 104 Å². The van der Waals surface area contributed by atoms with Gasteiger partial charge in [-0.25, -0.2) is 4.79 Å². The summed E-state index contributed by atoms with van der Waals surface area (Å²) in [5.74, 6) is 0.985. The molecule has 0 bridgehead atoms. The Balaban J connectivity index is 2.09. The molecule has 0 saturated heterocycles. The zero-order valence-electron chi connectivity index (χ0n) is 14.9. The fourth-order valence-electron chi connectivity index (χ4n) is 2.32. The van der Waals surface area contributed by atoms with Crippen LogP contribution < -0.4 is 14.2 Å². The van der Waals surface area contributed by atoms with Gasteiger partial charge in [0.05, 0.1) is 0 Å². The Labute approximate surface area is 164 Å². The fourth-order valence-corrected chi connectivity index (χ4v) is 3.32. The van der Waals surface area contributed by atoms with Gasteiger partial charge in [0.25, 0.3) is 0 Å². The normalized spacial score (nSPS) is 11.2. The van der Waals surface area contributed by atoms with Crippen LogP contribution >= 0.6 is 7.80 Å². The minimum absolute atomic E-state index is 0.328. The molecule has 0 aromatic heterocycles.